The summed E-state index contributed by atoms with van der Waals surface area (Å²) in [6.45, 7) is 8.72. The molecule has 0 radical (unpaired) electrons. The molecular weight excluding hydrogens is 344 g/mol. The number of carboxylic acid groups (broad SMARTS) is 1. The first-order chi connectivity index (χ1) is 11.3. The third-order valence-electron chi connectivity index (χ3n) is 3.65. The van der Waals surface area contributed by atoms with E-state index in [0.717, 1.165) is 5.56 Å². The zero-order valence-corrected chi connectivity index (χ0v) is 15.8. The predicted octanol–water partition coefficient (Wildman–Crippen LogP) is 3.66. The Morgan fingerprint density at radius 3 is 2.36 bits per heavy atom. The van der Waals surface area contributed by atoms with Gasteiger partial charge in [-0.3, -0.25) is 4.79 Å². The molecular formula is C18H23ClN2O4. The fraction of sp³-hybridized carbons (Fsp3) is 0.444. The lowest BCUT2D eigenvalue weighted by molar-refractivity contribution is -0.157. The van der Waals surface area contributed by atoms with Crippen molar-refractivity contribution < 1.29 is 19.4 Å². The highest BCUT2D eigenvalue weighted by Crippen LogP contribution is 2.33. The number of carboxylic acids is 1. The van der Waals surface area contributed by atoms with Crippen LogP contribution in [0.3, 0.4) is 0 Å². The number of rotatable bonds is 4. The second-order valence-corrected chi connectivity index (χ2v) is 7.88. The molecule has 1 atom stereocenters. The standard InChI is InChI=1S/C18H23ClN2O4/c1-10-6-11-8-13(16(23)24)21(15(11)12(19)7-10)18(5,20)9-14(22)25-17(2,3)4/h6-8H,9,20H2,1-5H3,(H,23,24). The van der Waals surface area contributed by atoms with Crippen LogP contribution in [-0.2, 0) is 15.2 Å². The summed E-state index contributed by atoms with van der Waals surface area (Å²) in [5, 5.41) is 10.6. The van der Waals surface area contributed by atoms with Crippen LogP contribution < -0.4 is 5.73 Å². The number of carbonyl (C=O) groups is 2. The van der Waals surface area contributed by atoms with Crippen LogP contribution in [0.1, 0.15) is 50.2 Å². The van der Waals surface area contributed by atoms with Crippen molar-refractivity contribution in [2.45, 2.75) is 52.3 Å². The van der Waals surface area contributed by atoms with Crippen molar-refractivity contribution in [2.75, 3.05) is 0 Å². The van der Waals surface area contributed by atoms with Gasteiger partial charge in [0.15, 0.2) is 0 Å². The van der Waals surface area contributed by atoms with Crippen LogP contribution >= 0.6 is 11.6 Å². The number of fused-ring (bicyclic) bond motifs is 1. The molecule has 0 saturated carbocycles. The quantitative estimate of drug-likeness (QED) is 0.805. The molecule has 0 spiro atoms. The number of hydrogen-bond acceptors (Lipinski definition) is 4. The Morgan fingerprint density at radius 2 is 1.84 bits per heavy atom. The van der Waals surface area contributed by atoms with Gasteiger partial charge in [0.05, 0.1) is 17.0 Å². The molecule has 0 saturated heterocycles. The molecule has 1 aromatic carbocycles. The van der Waals surface area contributed by atoms with Gasteiger partial charge in [0.1, 0.15) is 17.0 Å². The number of halogens is 1. The second-order valence-electron chi connectivity index (χ2n) is 7.48. The number of benzene rings is 1. The molecule has 3 N–H and O–H groups in total. The number of nitrogens with zero attached hydrogens (tertiary/aromatic N) is 1. The Kier molecular flexibility index (Phi) is 4.90. The van der Waals surface area contributed by atoms with Crippen LogP contribution in [0.5, 0.6) is 0 Å². The van der Waals surface area contributed by atoms with Crippen LogP contribution in [0.2, 0.25) is 5.02 Å². The van der Waals surface area contributed by atoms with E-state index in [0.29, 0.717) is 15.9 Å². The van der Waals surface area contributed by atoms with Crippen LogP contribution in [-0.4, -0.2) is 27.2 Å². The third kappa shape index (κ3) is 4.14. The lowest BCUT2D eigenvalue weighted by Crippen LogP contribution is -2.44. The highest BCUT2D eigenvalue weighted by molar-refractivity contribution is 6.35. The number of esters is 1. The number of nitrogens with two attached hydrogens (primary N) is 1. The minimum Gasteiger partial charge on any atom is -0.477 e. The first kappa shape index (κ1) is 19.3. The molecule has 0 bridgehead atoms. The first-order valence-corrected chi connectivity index (χ1v) is 8.26. The van der Waals surface area contributed by atoms with Crippen LogP contribution in [0.4, 0.5) is 0 Å². The van der Waals surface area contributed by atoms with Gasteiger partial charge in [0, 0.05) is 5.39 Å². The minimum atomic E-state index is -1.32. The number of aromatic carboxylic acids is 1. The van der Waals surface area contributed by atoms with Gasteiger partial charge in [-0.2, -0.15) is 0 Å². The number of hydrogen-bond donors (Lipinski definition) is 2. The molecule has 0 fully saturated rings. The molecule has 2 rings (SSSR count). The van der Waals surface area contributed by atoms with Crippen molar-refractivity contribution in [2.24, 2.45) is 5.73 Å². The van der Waals surface area contributed by atoms with E-state index in [9.17, 15) is 14.7 Å². The van der Waals surface area contributed by atoms with Crippen molar-refractivity contribution in [1.82, 2.24) is 4.57 Å². The molecule has 25 heavy (non-hydrogen) atoms. The summed E-state index contributed by atoms with van der Waals surface area (Å²) in [5.41, 5.74) is 5.73. The van der Waals surface area contributed by atoms with Gasteiger partial charge in [-0.05, 0) is 58.4 Å². The smallest absolute Gasteiger partial charge is 0.352 e. The maximum Gasteiger partial charge on any atom is 0.352 e. The Hall–Kier alpha value is -2.05. The summed E-state index contributed by atoms with van der Waals surface area (Å²) in [5.74, 6) is -1.66. The molecule has 1 unspecified atom stereocenters. The highest BCUT2D eigenvalue weighted by atomic mass is 35.5. The predicted molar refractivity (Wildman–Crippen MR) is 96.9 cm³/mol. The first-order valence-electron chi connectivity index (χ1n) is 7.88. The summed E-state index contributed by atoms with van der Waals surface area (Å²) in [4.78, 5) is 23.9. The Balaban J connectivity index is 2.59. The maximum absolute atomic E-state index is 12.2. The van der Waals surface area contributed by atoms with Crippen LogP contribution in [0, 0.1) is 6.92 Å². The molecule has 6 nitrogen and oxygen atoms in total. The van der Waals surface area contributed by atoms with E-state index in [-0.39, 0.29) is 12.1 Å². The van der Waals surface area contributed by atoms with Gasteiger partial charge in [-0.1, -0.05) is 11.6 Å². The number of aromatic nitrogens is 1. The lowest BCUT2D eigenvalue weighted by Gasteiger charge is -2.30. The third-order valence-corrected chi connectivity index (χ3v) is 3.93. The van der Waals surface area contributed by atoms with E-state index in [4.69, 9.17) is 22.1 Å². The largest absolute Gasteiger partial charge is 0.477 e. The lowest BCUT2D eigenvalue weighted by atomic mass is 10.1. The number of ether oxygens (including phenoxy) is 1. The van der Waals surface area contributed by atoms with Crippen molar-refractivity contribution >= 4 is 34.4 Å². The van der Waals surface area contributed by atoms with Crippen LogP contribution in [0.15, 0.2) is 18.2 Å². The van der Waals surface area contributed by atoms with Crippen molar-refractivity contribution in [1.29, 1.82) is 0 Å². The van der Waals surface area contributed by atoms with E-state index in [1.54, 1.807) is 33.8 Å². The molecule has 0 aliphatic heterocycles. The monoisotopic (exact) mass is 366 g/mol. The van der Waals surface area contributed by atoms with E-state index in [2.05, 4.69) is 0 Å². The minimum absolute atomic E-state index is 0.0314. The SMILES string of the molecule is Cc1cc(Cl)c2c(c1)cc(C(=O)O)n2C(C)(N)CC(=O)OC(C)(C)C. The van der Waals surface area contributed by atoms with Gasteiger partial charge >= 0.3 is 11.9 Å². The Morgan fingerprint density at radius 1 is 1.24 bits per heavy atom. The molecule has 2 aromatic rings. The van der Waals surface area contributed by atoms with Crippen LogP contribution in [0.25, 0.3) is 10.9 Å². The van der Waals surface area contributed by atoms with Crippen molar-refractivity contribution in [3.8, 4) is 0 Å². The zero-order chi connectivity index (χ0) is 19.2. The summed E-state index contributed by atoms with van der Waals surface area (Å²) in [6.07, 6.45) is -0.196. The van der Waals surface area contributed by atoms with Crippen molar-refractivity contribution in [3.05, 3.63) is 34.5 Å². The molecule has 0 aliphatic rings. The fourth-order valence-corrected chi connectivity index (χ4v) is 3.24. The van der Waals surface area contributed by atoms with E-state index in [1.807, 2.05) is 13.0 Å². The van der Waals surface area contributed by atoms with Gasteiger partial charge in [-0.25, -0.2) is 4.79 Å². The van der Waals surface area contributed by atoms with E-state index >= 15 is 0 Å². The maximum atomic E-state index is 12.2. The van der Waals surface area contributed by atoms with Crippen molar-refractivity contribution in [3.63, 3.8) is 0 Å². The molecule has 7 heteroatoms. The molecule has 0 aliphatic carbocycles. The topological polar surface area (TPSA) is 94.5 Å². The molecule has 1 heterocycles. The number of aryl methyl sites for hydroxylation is 1. The summed E-state index contributed by atoms with van der Waals surface area (Å²) in [7, 11) is 0. The molecule has 136 valence electrons. The Labute approximate surface area is 151 Å². The second kappa shape index (κ2) is 6.35. The van der Waals surface area contributed by atoms with Gasteiger partial charge in [0.25, 0.3) is 0 Å². The molecule has 0 amide bonds. The normalized spacial score (nSPS) is 14.4. The summed E-state index contributed by atoms with van der Waals surface area (Å²) < 4.78 is 6.72. The van der Waals surface area contributed by atoms with Gasteiger partial charge in [-0.15, -0.1) is 0 Å². The Bertz CT molecular complexity index is 847. The van der Waals surface area contributed by atoms with E-state index < -0.39 is 23.2 Å². The average molecular weight is 367 g/mol. The number of carbonyl (C=O) groups excluding carboxylic acids is 1. The van der Waals surface area contributed by atoms with Gasteiger partial charge < -0.3 is 20.1 Å². The van der Waals surface area contributed by atoms with E-state index in [1.165, 1.54) is 10.6 Å². The highest BCUT2D eigenvalue weighted by Gasteiger charge is 2.33. The van der Waals surface area contributed by atoms with Gasteiger partial charge in [0.2, 0.25) is 0 Å². The molecule has 1 aromatic heterocycles. The summed E-state index contributed by atoms with van der Waals surface area (Å²) >= 11 is 6.35. The average Bonchev–Trinajstić information content (AvgIpc) is 2.75. The summed E-state index contributed by atoms with van der Waals surface area (Å²) in [6, 6.07) is 5.07. The zero-order valence-electron chi connectivity index (χ0n) is 15.0. The fourth-order valence-electron chi connectivity index (χ4n) is 2.88.